The molecule has 0 radical (unpaired) electrons. The molecule has 0 saturated carbocycles. The van der Waals surface area contributed by atoms with Crippen LogP contribution >= 0.6 is 0 Å². The monoisotopic (exact) mass is 604 g/mol. The molecule has 216 valence electrons. The second-order valence-electron chi connectivity index (χ2n) is 12.6. The van der Waals surface area contributed by atoms with Gasteiger partial charge in [0.25, 0.3) is 0 Å². The summed E-state index contributed by atoms with van der Waals surface area (Å²) in [5.41, 5.74) is 0. The SMILES string of the molecule is C[Si](C)(C)O[Si](C)(C)O[Si](C)(C)O[Si](C)(CCCCOC1C(CO)OC(O)C(O)C1O)O[Si](C)(C)C. The first-order valence-electron chi connectivity index (χ1n) is 12.8. The van der Waals surface area contributed by atoms with E-state index in [-0.39, 0.29) is 0 Å². The van der Waals surface area contributed by atoms with E-state index >= 15 is 0 Å². The molecular weight excluding hydrogens is 553 g/mol. The first kappa shape index (κ1) is 34.7. The molecule has 1 rings (SSSR count). The van der Waals surface area contributed by atoms with Gasteiger partial charge in [-0.3, -0.25) is 0 Å². The number of rotatable bonds is 15. The van der Waals surface area contributed by atoms with Gasteiger partial charge in [-0.15, -0.1) is 0 Å². The predicted octanol–water partition coefficient (Wildman–Crippen LogP) is 2.79. The highest BCUT2D eigenvalue weighted by Crippen LogP contribution is 2.29. The van der Waals surface area contributed by atoms with Crippen LogP contribution < -0.4 is 0 Å². The molecule has 0 aliphatic carbocycles. The molecule has 0 aromatic heterocycles. The minimum absolute atomic E-state index is 0.295. The average Bonchev–Trinajstić information content (AvgIpc) is 2.61. The van der Waals surface area contributed by atoms with Gasteiger partial charge in [-0.2, -0.15) is 0 Å². The van der Waals surface area contributed by atoms with Crippen LogP contribution in [0.25, 0.3) is 0 Å². The van der Waals surface area contributed by atoms with E-state index in [1.807, 2.05) is 0 Å². The Hall–Kier alpha value is 0.684. The Balaban J connectivity index is 2.76. The smallest absolute Gasteiger partial charge is 0.315 e. The van der Waals surface area contributed by atoms with Crippen molar-refractivity contribution in [1.29, 1.82) is 0 Å². The number of aliphatic hydroxyl groups excluding tert-OH is 4. The summed E-state index contributed by atoms with van der Waals surface area (Å²) in [7, 11) is -11.1. The molecular formula is C21H52O10Si5. The maximum atomic E-state index is 10.2. The molecule has 0 amide bonds. The van der Waals surface area contributed by atoms with Crippen molar-refractivity contribution in [3.8, 4) is 0 Å². The third kappa shape index (κ3) is 12.7. The molecule has 1 heterocycles. The molecule has 4 N–H and O–H groups in total. The van der Waals surface area contributed by atoms with Crippen molar-refractivity contribution in [1.82, 2.24) is 0 Å². The van der Waals surface area contributed by atoms with Crippen LogP contribution in [0.5, 0.6) is 0 Å². The molecule has 1 fully saturated rings. The van der Waals surface area contributed by atoms with Gasteiger partial charge < -0.3 is 46.4 Å². The van der Waals surface area contributed by atoms with E-state index in [2.05, 4.69) is 72.0 Å². The van der Waals surface area contributed by atoms with Crippen molar-refractivity contribution in [2.24, 2.45) is 0 Å². The maximum Gasteiger partial charge on any atom is 0.315 e. The molecule has 6 atom stereocenters. The zero-order chi connectivity index (χ0) is 28.2. The molecule has 0 aromatic carbocycles. The van der Waals surface area contributed by atoms with E-state index in [4.69, 9.17) is 25.9 Å². The van der Waals surface area contributed by atoms with E-state index < -0.39 is 79.6 Å². The van der Waals surface area contributed by atoms with Gasteiger partial charge in [0.05, 0.1) is 6.61 Å². The summed E-state index contributed by atoms with van der Waals surface area (Å²) < 4.78 is 37.3. The Kier molecular flexibility index (Phi) is 12.9. The average molecular weight is 605 g/mol. The van der Waals surface area contributed by atoms with Gasteiger partial charge in [-0.1, -0.05) is 0 Å². The topological polar surface area (TPSA) is 136 Å². The second kappa shape index (κ2) is 13.4. The van der Waals surface area contributed by atoms with Crippen LogP contribution in [-0.2, 0) is 25.9 Å². The van der Waals surface area contributed by atoms with E-state index in [1.54, 1.807) is 0 Å². The number of hydrogen-bond acceptors (Lipinski definition) is 10. The summed E-state index contributed by atoms with van der Waals surface area (Å²) >= 11 is 0. The lowest BCUT2D eigenvalue weighted by molar-refractivity contribution is -0.294. The molecule has 1 aliphatic heterocycles. The fourth-order valence-electron chi connectivity index (χ4n) is 4.70. The fraction of sp³-hybridized carbons (Fsp3) is 1.00. The highest BCUT2D eigenvalue weighted by atomic mass is 28.5. The Bertz CT molecular complexity index is 670. The number of aliphatic hydroxyl groups is 4. The van der Waals surface area contributed by atoms with E-state index in [0.29, 0.717) is 13.0 Å². The maximum absolute atomic E-state index is 10.2. The zero-order valence-corrected chi connectivity index (χ0v) is 29.2. The largest absolute Gasteiger partial charge is 0.437 e. The van der Waals surface area contributed by atoms with Crippen LogP contribution in [0.1, 0.15) is 12.8 Å². The van der Waals surface area contributed by atoms with Crippen LogP contribution in [0.3, 0.4) is 0 Å². The van der Waals surface area contributed by atoms with Gasteiger partial charge >= 0.3 is 25.7 Å². The quantitative estimate of drug-likeness (QED) is 0.163. The summed E-state index contributed by atoms with van der Waals surface area (Å²) in [6.07, 6.45) is -4.78. The molecule has 10 nitrogen and oxygen atoms in total. The summed E-state index contributed by atoms with van der Waals surface area (Å²) in [4.78, 5) is 0. The van der Waals surface area contributed by atoms with E-state index in [1.165, 1.54) is 0 Å². The van der Waals surface area contributed by atoms with Gasteiger partial charge in [0.2, 0.25) is 0 Å². The van der Waals surface area contributed by atoms with Crippen molar-refractivity contribution >= 4 is 42.3 Å². The van der Waals surface area contributed by atoms with Crippen molar-refractivity contribution in [2.45, 2.75) is 122 Å². The van der Waals surface area contributed by atoms with Gasteiger partial charge in [0.1, 0.15) is 24.4 Å². The normalized spacial score (nSPS) is 28.2. The van der Waals surface area contributed by atoms with Crippen molar-refractivity contribution in [2.75, 3.05) is 13.2 Å². The van der Waals surface area contributed by atoms with Crippen LogP contribution in [-0.4, -0.2) is 107 Å². The van der Waals surface area contributed by atoms with Gasteiger partial charge in [-0.25, -0.2) is 0 Å². The van der Waals surface area contributed by atoms with Gasteiger partial charge in [-0.05, 0) is 90.9 Å². The van der Waals surface area contributed by atoms with E-state index in [9.17, 15) is 20.4 Å². The first-order valence-corrected chi connectivity index (χ1v) is 27.8. The highest BCUT2D eigenvalue weighted by Gasteiger charge is 2.47. The molecule has 6 unspecified atom stereocenters. The molecule has 0 spiro atoms. The Labute approximate surface area is 223 Å². The summed E-state index contributed by atoms with van der Waals surface area (Å²) in [6, 6.07) is 0.756. The summed E-state index contributed by atoms with van der Waals surface area (Å²) in [5.74, 6) is 0. The molecule has 0 aromatic rings. The van der Waals surface area contributed by atoms with Crippen molar-refractivity contribution in [3.05, 3.63) is 0 Å². The Morgan fingerprint density at radius 2 is 1.19 bits per heavy atom. The lowest BCUT2D eigenvalue weighted by Gasteiger charge is -2.42. The Morgan fingerprint density at radius 1 is 0.667 bits per heavy atom. The van der Waals surface area contributed by atoms with Crippen molar-refractivity contribution in [3.63, 3.8) is 0 Å². The van der Waals surface area contributed by atoms with Crippen LogP contribution in [0.4, 0.5) is 0 Å². The fourth-order valence-corrected chi connectivity index (χ4v) is 28.0. The van der Waals surface area contributed by atoms with Crippen LogP contribution in [0, 0.1) is 0 Å². The molecule has 15 heteroatoms. The molecule has 1 aliphatic rings. The summed E-state index contributed by atoms with van der Waals surface area (Å²) in [5, 5.41) is 39.3. The third-order valence-corrected chi connectivity index (χ3v) is 22.7. The van der Waals surface area contributed by atoms with Crippen molar-refractivity contribution < 1.29 is 46.4 Å². The van der Waals surface area contributed by atoms with Gasteiger partial charge in [0, 0.05) is 6.61 Å². The second-order valence-corrected chi connectivity index (χ2v) is 32.7. The molecule has 36 heavy (non-hydrogen) atoms. The Morgan fingerprint density at radius 3 is 1.69 bits per heavy atom. The molecule has 1 saturated heterocycles. The van der Waals surface area contributed by atoms with Crippen LogP contribution in [0.2, 0.25) is 78.1 Å². The minimum atomic E-state index is -2.59. The lowest BCUT2D eigenvalue weighted by Crippen LogP contribution is -2.59. The number of hydrogen-bond donors (Lipinski definition) is 4. The third-order valence-electron chi connectivity index (χ3n) is 5.20. The standard InChI is InChI=1S/C21H52O10Si5/c1-32(2,3)28-34(7,8)30-35(9,10)31-36(11,29-33(4,5)6)15-13-12-14-26-20-17(16-22)27-21(25)19(24)18(20)23/h17-25H,12-16H2,1-11H3. The van der Waals surface area contributed by atoms with Crippen LogP contribution in [0.15, 0.2) is 0 Å². The first-order chi connectivity index (χ1) is 16.1. The van der Waals surface area contributed by atoms with E-state index in [0.717, 1.165) is 12.5 Å². The molecule has 0 bridgehead atoms. The zero-order valence-electron chi connectivity index (χ0n) is 24.2. The lowest BCUT2D eigenvalue weighted by atomic mass is 9.99. The highest BCUT2D eigenvalue weighted by molar-refractivity contribution is 6.90. The summed E-state index contributed by atoms with van der Waals surface area (Å²) in [6.45, 7) is 23.2. The number of ether oxygens (including phenoxy) is 2. The predicted molar refractivity (Wildman–Crippen MR) is 151 cm³/mol. The number of unbranched alkanes of at least 4 members (excludes halogenated alkanes) is 1. The minimum Gasteiger partial charge on any atom is -0.437 e. The van der Waals surface area contributed by atoms with Gasteiger partial charge in [0.15, 0.2) is 22.9 Å².